The summed E-state index contributed by atoms with van der Waals surface area (Å²) in [5.41, 5.74) is 3.16. The van der Waals surface area contributed by atoms with Crippen LogP contribution in [0.1, 0.15) is 45.2 Å². The lowest BCUT2D eigenvalue weighted by molar-refractivity contribution is 0.110. The fourth-order valence-electron chi connectivity index (χ4n) is 4.39. The second-order valence-electron chi connectivity index (χ2n) is 7.51. The van der Waals surface area contributed by atoms with Crippen LogP contribution in [0.4, 0.5) is 0 Å². The topological polar surface area (TPSA) is 24.9 Å². The van der Waals surface area contributed by atoms with Gasteiger partial charge in [0.1, 0.15) is 0 Å². The zero-order chi connectivity index (χ0) is 15.3. The van der Waals surface area contributed by atoms with Gasteiger partial charge in [-0.2, -0.15) is 0 Å². The maximum absolute atomic E-state index is 4.27. The van der Waals surface area contributed by atoms with Crippen LogP contribution in [0.15, 0.2) is 48.3 Å². The van der Waals surface area contributed by atoms with Crippen LogP contribution in [0.25, 0.3) is 10.8 Å². The first kappa shape index (κ1) is 14.0. The van der Waals surface area contributed by atoms with Crippen LogP contribution < -0.4 is 5.32 Å². The van der Waals surface area contributed by atoms with E-state index >= 15 is 0 Å². The molecule has 2 aliphatic rings. The van der Waals surface area contributed by atoms with E-state index < -0.39 is 0 Å². The van der Waals surface area contributed by atoms with Crippen LogP contribution >= 0.6 is 0 Å². The van der Waals surface area contributed by atoms with Crippen LogP contribution in [-0.4, -0.2) is 10.5 Å². The van der Waals surface area contributed by atoms with Gasteiger partial charge in [0.05, 0.1) is 0 Å². The van der Waals surface area contributed by atoms with Gasteiger partial charge in [0.15, 0.2) is 0 Å². The van der Waals surface area contributed by atoms with Crippen LogP contribution in [0.2, 0.25) is 0 Å². The van der Waals surface area contributed by atoms with Gasteiger partial charge in [-0.1, -0.05) is 29.8 Å². The van der Waals surface area contributed by atoms with Gasteiger partial charge in [-0.3, -0.25) is 4.98 Å². The summed E-state index contributed by atoms with van der Waals surface area (Å²) in [5.74, 6) is 1.36. The van der Waals surface area contributed by atoms with E-state index in [-0.39, 0.29) is 5.54 Å². The van der Waals surface area contributed by atoms with Crippen molar-refractivity contribution in [2.45, 2.75) is 45.2 Å². The van der Waals surface area contributed by atoms with E-state index in [4.69, 9.17) is 0 Å². The highest BCUT2D eigenvalue weighted by Gasteiger charge is 2.44. The van der Waals surface area contributed by atoms with Gasteiger partial charge in [0.2, 0.25) is 0 Å². The Morgan fingerprint density at radius 3 is 2.95 bits per heavy atom. The van der Waals surface area contributed by atoms with E-state index in [0.29, 0.717) is 12.0 Å². The minimum absolute atomic E-state index is 0.188. The molecule has 0 spiro atoms. The number of piperidine rings is 1. The second kappa shape index (κ2) is 4.92. The van der Waals surface area contributed by atoms with Crippen molar-refractivity contribution in [2.75, 3.05) is 0 Å². The highest BCUT2D eigenvalue weighted by molar-refractivity contribution is 5.85. The molecule has 2 heteroatoms. The van der Waals surface area contributed by atoms with Gasteiger partial charge in [-0.25, -0.2) is 0 Å². The van der Waals surface area contributed by atoms with Gasteiger partial charge < -0.3 is 5.32 Å². The number of nitrogens with one attached hydrogen (secondary N) is 1. The number of rotatable bonds is 1. The van der Waals surface area contributed by atoms with Gasteiger partial charge >= 0.3 is 0 Å². The predicted molar refractivity (Wildman–Crippen MR) is 91.7 cm³/mol. The molecule has 0 radical (unpaired) electrons. The molecule has 1 saturated heterocycles. The summed E-state index contributed by atoms with van der Waals surface area (Å²) >= 11 is 0. The normalized spacial score (nSPS) is 30.1. The predicted octanol–water partition coefficient (Wildman–Crippen LogP) is 4.63. The van der Waals surface area contributed by atoms with E-state index in [0.717, 1.165) is 5.92 Å². The molecule has 1 aromatic carbocycles. The summed E-state index contributed by atoms with van der Waals surface area (Å²) in [6, 6.07) is 9.17. The molecule has 1 aliphatic carbocycles. The number of hydrogen-bond acceptors (Lipinski definition) is 2. The molecule has 2 heterocycles. The maximum Gasteiger partial charge on any atom is 0.0396 e. The van der Waals surface area contributed by atoms with Gasteiger partial charge in [-0.15, -0.1) is 0 Å². The Hall–Kier alpha value is -1.67. The number of fused-ring (bicyclic) bond motifs is 3. The molecule has 2 bridgehead atoms. The third-order valence-electron chi connectivity index (χ3n) is 5.85. The molecule has 0 unspecified atom stereocenters. The monoisotopic (exact) mass is 292 g/mol. The van der Waals surface area contributed by atoms with Crippen LogP contribution in [0.3, 0.4) is 0 Å². The molecule has 114 valence electrons. The Balaban J connectivity index is 1.86. The van der Waals surface area contributed by atoms with E-state index in [1.807, 2.05) is 12.4 Å². The number of benzene rings is 1. The zero-order valence-corrected chi connectivity index (χ0v) is 13.6. The molecule has 3 atom stereocenters. The van der Waals surface area contributed by atoms with E-state index in [9.17, 15) is 0 Å². The Morgan fingerprint density at radius 1 is 1.23 bits per heavy atom. The second-order valence-corrected chi connectivity index (χ2v) is 7.51. The molecule has 22 heavy (non-hydrogen) atoms. The number of hydrogen-bond donors (Lipinski definition) is 1. The SMILES string of the molecule is CC1=CC[C@@H]2C[C@H]1[C@H](c1cccc3cnccc13)NC2(C)C. The number of aromatic nitrogens is 1. The van der Waals surface area contributed by atoms with Crippen LogP contribution in [0, 0.1) is 11.8 Å². The molecular formula is C20H24N2. The molecular weight excluding hydrogens is 268 g/mol. The van der Waals surface area contributed by atoms with Crippen LogP contribution in [-0.2, 0) is 0 Å². The highest BCUT2D eigenvalue weighted by Crippen LogP contribution is 2.47. The van der Waals surface area contributed by atoms with Crippen molar-refractivity contribution in [2.24, 2.45) is 11.8 Å². The first-order valence-electron chi connectivity index (χ1n) is 8.33. The lowest BCUT2D eigenvalue weighted by atomic mass is 9.65. The maximum atomic E-state index is 4.27. The third-order valence-corrected chi connectivity index (χ3v) is 5.85. The Bertz CT molecular complexity index is 739. The van der Waals surface area contributed by atoms with Crippen molar-refractivity contribution in [1.29, 1.82) is 0 Å². The average molecular weight is 292 g/mol. The van der Waals surface area contributed by atoms with Crippen molar-refractivity contribution in [3.8, 4) is 0 Å². The van der Waals surface area contributed by atoms with Crippen molar-refractivity contribution in [3.05, 3.63) is 53.9 Å². The van der Waals surface area contributed by atoms with Crippen molar-refractivity contribution in [3.63, 3.8) is 0 Å². The smallest absolute Gasteiger partial charge is 0.0396 e. The van der Waals surface area contributed by atoms with Crippen molar-refractivity contribution < 1.29 is 0 Å². The minimum atomic E-state index is 0.188. The molecule has 4 rings (SSSR count). The molecule has 2 nitrogen and oxygen atoms in total. The lowest BCUT2D eigenvalue weighted by Crippen LogP contribution is -2.55. The molecule has 1 N–H and O–H groups in total. The summed E-state index contributed by atoms with van der Waals surface area (Å²) in [5, 5.41) is 6.54. The number of nitrogens with zero attached hydrogens (tertiary/aromatic N) is 1. The summed E-state index contributed by atoms with van der Waals surface area (Å²) in [6.07, 6.45) is 8.87. The highest BCUT2D eigenvalue weighted by atomic mass is 15.0. The first-order chi connectivity index (χ1) is 10.6. The molecule has 1 aliphatic heterocycles. The Labute approximate surface area is 132 Å². The molecule has 1 fully saturated rings. The average Bonchev–Trinajstić information content (AvgIpc) is 2.52. The van der Waals surface area contributed by atoms with E-state index in [2.05, 4.69) is 61.4 Å². The first-order valence-corrected chi connectivity index (χ1v) is 8.33. The fourth-order valence-corrected chi connectivity index (χ4v) is 4.39. The number of allylic oxidation sites excluding steroid dienone is 1. The Kier molecular flexibility index (Phi) is 3.12. The molecule has 0 amide bonds. The van der Waals surface area contributed by atoms with Gasteiger partial charge in [0.25, 0.3) is 0 Å². The quantitative estimate of drug-likeness (QED) is 0.775. The fraction of sp³-hybridized carbons (Fsp3) is 0.450. The summed E-state index contributed by atoms with van der Waals surface area (Å²) in [7, 11) is 0. The molecule has 0 saturated carbocycles. The van der Waals surface area contributed by atoms with Gasteiger partial charge in [-0.05, 0) is 62.5 Å². The lowest BCUT2D eigenvalue weighted by Gasteiger charge is -2.50. The third kappa shape index (κ3) is 2.09. The standard InChI is InChI=1S/C20H24N2/c1-13-7-8-15-11-18(13)19(22-20(15,2)3)17-6-4-5-14-12-21-10-9-16(14)17/h4-7,9-10,12,15,18-19,22H,8,11H2,1-3H3/t15-,18-,19+/m1/s1. The van der Waals surface area contributed by atoms with Crippen molar-refractivity contribution >= 4 is 10.8 Å². The van der Waals surface area contributed by atoms with E-state index in [1.54, 1.807) is 5.57 Å². The van der Waals surface area contributed by atoms with Crippen LogP contribution in [0.5, 0.6) is 0 Å². The summed E-state index contributed by atoms with van der Waals surface area (Å²) in [6.45, 7) is 7.03. The molecule has 2 aromatic rings. The number of pyridine rings is 1. The summed E-state index contributed by atoms with van der Waals surface area (Å²) in [4.78, 5) is 4.27. The summed E-state index contributed by atoms with van der Waals surface area (Å²) < 4.78 is 0. The zero-order valence-electron chi connectivity index (χ0n) is 13.6. The van der Waals surface area contributed by atoms with E-state index in [1.165, 1.54) is 29.2 Å². The minimum Gasteiger partial charge on any atom is -0.304 e. The molecule has 1 aromatic heterocycles. The van der Waals surface area contributed by atoms with Crippen molar-refractivity contribution in [1.82, 2.24) is 10.3 Å². The Morgan fingerprint density at radius 2 is 2.09 bits per heavy atom. The van der Waals surface area contributed by atoms with Gasteiger partial charge in [0, 0.05) is 29.4 Å². The largest absolute Gasteiger partial charge is 0.304 e.